The van der Waals surface area contributed by atoms with E-state index in [1.54, 1.807) is 12.1 Å². The summed E-state index contributed by atoms with van der Waals surface area (Å²) >= 11 is 0. The topological polar surface area (TPSA) is 84.9 Å². The number of morpholine rings is 1. The van der Waals surface area contributed by atoms with E-state index in [-0.39, 0.29) is 42.2 Å². The lowest BCUT2D eigenvalue weighted by Crippen LogP contribution is -2.40. The van der Waals surface area contributed by atoms with E-state index < -0.39 is 21.7 Å². The van der Waals surface area contributed by atoms with Gasteiger partial charge in [0.05, 0.1) is 36.5 Å². The number of methoxy groups -OCH3 is 1. The molecule has 168 valence electrons. The zero-order valence-electron chi connectivity index (χ0n) is 18.1. The third-order valence-electron chi connectivity index (χ3n) is 5.10. The van der Waals surface area contributed by atoms with Gasteiger partial charge in [-0.2, -0.15) is 4.31 Å². The summed E-state index contributed by atoms with van der Waals surface area (Å²) in [5.41, 5.74) is 0.786. The normalized spacial score (nSPS) is 15.5. The van der Waals surface area contributed by atoms with Crippen LogP contribution < -0.4 is 10.1 Å². The lowest BCUT2D eigenvalue weighted by molar-refractivity contribution is 0.0730. The van der Waals surface area contributed by atoms with Crippen molar-refractivity contribution in [1.29, 1.82) is 0 Å². The fourth-order valence-electron chi connectivity index (χ4n) is 3.24. The van der Waals surface area contributed by atoms with Gasteiger partial charge in [0, 0.05) is 13.1 Å². The molecule has 0 saturated carbocycles. The number of carbonyl (C=O) groups is 1. The molecule has 1 heterocycles. The van der Waals surface area contributed by atoms with Gasteiger partial charge in [-0.15, -0.1) is 0 Å². The van der Waals surface area contributed by atoms with Crippen molar-refractivity contribution in [3.63, 3.8) is 0 Å². The summed E-state index contributed by atoms with van der Waals surface area (Å²) in [5, 5.41) is 2.66. The number of hydrogen-bond donors (Lipinski definition) is 1. The first kappa shape index (κ1) is 23.2. The summed E-state index contributed by atoms with van der Waals surface area (Å²) in [6.07, 6.45) is 0. The van der Waals surface area contributed by atoms with Gasteiger partial charge in [-0.3, -0.25) is 4.79 Å². The molecule has 0 spiro atoms. The number of nitrogens with zero attached hydrogens (tertiary/aromatic N) is 1. The molecule has 1 saturated heterocycles. The van der Waals surface area contributed by atoms with Gasteiger partial charge in [0.1, 0.15) is 11.6 Å². The second-order valence-electron chi connectivity index (χ2n) is 8.28. The molecule has 2 aromatic carbocycles. The van der Waals surface area contributed by atoms with E-state index >= 15 is 0 Å². The second kappa shape index (κ2) is 8.94. The summed E-state index contributed by atoms with van der Waals surface area (Å²) in [6, 6.07) is 8.61. The molecule has 2 aromatic rings. The Kier molecular flexibility index (Phi) is 6.68. The average Bonchev–Trinajstić information content (AvgIpc) is 2.73. The van der Waals surface area contributed by atoms with Gasteiger partial charge in [0.2, 0.25) is 10.0 Å². The van der Waals surface area contributed by atoms with Crippen molar-refractivity contribution >= 4 is 21.6 Å². The van der Waals surface area contributed by atoms with E-state index in [4.69, 9.17) is 9.47 Å². The summed E-state index contributed by atoms with van der Waals surface area (Å²) in [4.78, 5) is 12.7. The van der Waals surface area contributed by atoms with Crippen molar-refractivity contribution in [3.05, 3.63) is 53.3 Å². The zero-order valence-corrected chi connectivity index (χ0v) is 18.9. The number of hydrogen-bond acceptors (Lipinski definition) is 5. The number of rotatable bonds is 5. The average molecular weight is 451 g/mol. The number of carbonyl (C=O) groups excluding carboxylic acids is 1. The van der Waals surface area contributed by atoms with Gasteiger partial charge in [-0.25, -0.2) is 12.8 Å². The van der Waals surface area contributed by atoms with Crippen LogP contribution in [-0.2, 0) is 20.2 Å². The third-order valence-corrected chi connectivity index (χ3v) is 7.00. The van der Waals surface area contributed by atoms with E-state index in [2.05, 4.69) is 5.32 Å². The molecule has 3 rings (SSSR count). The summed E-state index contributed by atoms with van der Waals surface area (Å²) < 4.78 is 52.0. The van der Waals surface area contributed by atoms with Crippen LogP contribution in [0.2, 0.25) is 0 Å². The molecular formula is C22H27FN2O5S. The molecule has 0 bridgehead atoms. The molecule has 0 atom stereocenters. The largest absolute Gasteiger partial charge is 0.495 e. The van der Waals surface area contributed by atoms with Crippen LogP contribution in [0.15, 0.2) is 41.3 Å². The molecule has 9 heteroatoms. The molecule has 0 radical (unpaired) electrons. The zero-order chi connectivity index (χ0) is 22.8. The number of nitrogens with one attached hydrogen (secondary N) is 1. The standard InChI is InChI=1S/C22H27FN2O5S/c1-22(2,3)15-5-8-20(29-4)19(13-15)24-21(26)17-14-16(6-7-18(17)23)31(27,28)25-9-11-30-12-10-25/h5-8,13-14H,9-12H2,1-4H3,(H,24,26). The minimum Gasteiger partial charge on any atom is -0.495 e. The summed E-state index contributed by atoms with van der Waals surface area (Å²) in [5.74, 6) is -1.16. The SMILES string of the molecule is COc1ccc(C(C)(C)C)cc1NC(=O)c1cc(S(=O)(=O)N2CCOCC2)ccc1F. The number of ether oxygens (including phenoxy) is 2. The Balaban J connectivity index is 1.93. The van der Waals surface area contributed by atoms with Crippen LogP contribution in [0.25, 0.3) is 0 Å². The van der Waals surface area contributed by atoms with Crippen LogP contribution >= 0.6 is 0 Å². The van der Waals surface area contributed by atoms with E-state index in [0.29, 0.717) is 11.4 Å². The number of sulfonamides is 1. The molecule has 1 fully saturated rings. The predicted octanol–water partition coefficient (Wildman–Crippen LogP) is 3.41. The second-order valence-corrected chi connectivity index (χ2v) is 10.2. The molecule has 1 N–H and O–H groups in total. The summed E-state index contributed by atoms with van der Waals surface area (Å²) in [6.45, 7) is 7.07. The first-order valence-electron chi connectivity index (χ1n) is 9.91. The maximum Gasteiger partial charge on any atom is 0.258 e. The Morgan fingerprint density at radius 3 is 2.42 bits per heavy atom. The van der Waals surface area contributed by atoms with Gasteiger partial charge in [0.15, 0.2) is 0 Å². The molecule has 1 aliphatic rings. The van der Waals surface area contributed by atoms with Gasteiger partial charge < -0.3 is 14.8 Å². The quantitative estimate of drug-likeness (QED) is 0.755. The molecular weight excluding hydrogens is 423 g/mol. The van der Waals surface area contributed by atoms with E-state index in [1.807, 2.05) is 26.8 Å². The van der Waals surface area contributed by atoms with Crippen molar-refractivity contribution in [2.24, 2.45) is 0 Å². The number of amides is 1. The van der Waals surface area contributed by atoms with Gasteiger partial charge >= 0.3 is 0 Å². The van der Waals surface area contributed by atoms with Crippen LogP contribution in [0.5, 0.6) is 5.75 Å². The Bertz CT molecular complexity index is 1070. The van der Waals surface area contributed by atoms with Crippen molar-refractivity contribution < 1.29 is 27.1 Å². The first-order chi connectivity index (χ1) is 14.5. The van der Waals surface area contributed by atoms with Crippen LogP contribution in [0, 0.1) is 5.82 Å². The lowest BCUT2D eigenvalue weighted by Gasteiger charge is -2.26. The smallest absolute Gasteiger partial charge is 0.258 e. The Morgan fingerprint density at radius 1 is 1.13 bits per heavy atom. The molecule has 1 amide bonds. The fourth-order valence-corrected chi connectivity index (χ4v) is 4.67. The lowest BCUT2D eigenvalue weighted by atomic mass is 9.87. The molecule has 0 unspecified atom stereocenters. The minimum atomic E-state index is -3.86. The van der Waals surface area contributed by atoms with Gasteiger partial charge in [-0.1, -0.05) is 26.8 Å². The highest BCUT2D eigenvalue weighted by molar-refractivity contribution is 7.89. The molecule has 31 heavy (non-hydrogen) atoms. The molecule has 1 aliphatic heterocycles. The highest BCUT2D eigenvalue weighted by Crippen LogP contribution is 2.32. The fraction of sp³-hybridized carbons (Fsp3) is 0.409. The van der Waals surface area contributed by atoms with Crippen LogP contribution in [0.4, 0.5) is 10.1 Å². The third kappa shape index (κ3) is 5.06. The van der Waals surface area contributed by atoms with Gasteiger partial charge in [0.25, 0.3) is 5.91 Å². The van der Waals surface area contributed by atoms with Crippen molar-refractivity contribution in [3.8, 4) is 5.75 Å². The van der Waals surface area contributed by atoms with Crippen LogP contribution in [-0.4, -0.2) is 52.0 Å². The Morgan fingerprint density at radius 2 is 1.81 bits per heavy atom. The number of benzene rings is 2. The molecule has 7 nitrogen and oxygen atoms in total. The summed E-state index contributed by atoms with van der Waals surface area (Å²) in [7, 11) is -2.39. The monoisotopic (exact) mass is 450 g/mol. The highest BCUT2D eigenvalue weighted by Gasteiger charge is 2.28. The Labute approximate surface area is 182 Å². The van der Waals surface area contributed by atoms with Crippen LogP contribution in [0.1, 0.15) is 36.7 Å². The molecule has 0 aliphatic carbocycles. The number of anilines is 1. The predicted molar refractivity (Wildman–Crippen MR) is 116 cm³/mol. The van der Waals surface area contributed by atoms with Gasteiger partial charge in [-0.05, 0) is 41.3 Å². The maximum absolute atomic E-state index is 14.5. The van der Waals surface area contributed by atoms with Crippen molar-refractivity contribution in [2.45, 2.75) is 31.1 Å². The van der Waals surface area contributed by atoms with Crippen molar-refractivity contribution in [2.75, 3.05) is 38.7 Å². The van der Waals surface area contributed by atoms with E-state index in [1.165, 1.54) is 11.4 Å². The van der Waals surface area contributed by atoms with Crippen molar-refractivity contribution in [1.82, 2.24) is 4.31 Å². The first-order valence-corrected chi connectivity index (χ1v) is 11.4. The highest BCUT2D eigenvalue weighted by atomic mass is 32.2. The number of halogens is 1. The minimum absolute atomic E-state index is 0.142. The van der Waals surface area contributed by atoms with E-state index in [0.717, 1.165) is 23.8 Å². The maximum atomic E-state index is 14.5. The molecule has 0 aromatic heterocycles. The Hall–Kier alpha value is -2.49. The van der Waals surface area contributed by atoms with Crippen LogP contribution in [0.3, 0.4) is 0 Å². The van der Waals surface area contributed by atoms with E-state index in [9.17, 15) is 17.6 Å².